The molecule has 3 nitrogen and oxygen atoms in total. The van der Waals surface area contributed by atoms with Crippen molar-refractivity contribution in [3.63, 3.8) is 0 Å². The number of nitrogens with two attached hydrogens (primary N) is 1. The van der Waals surface area contributed by atoms with Gasteiger partial charge in [0.2, 0.25) is 0 Å². The summed E-state index contributed by atoms with van der Waals surface area (Å²) in [6, 6.07) is 7.98. The fraction of sp³-hybridized carbons (Fsp3) is 0.500. The highest BCUT2D eigenvalue weighted by atomic mass is 16.5. The Morgan fingerprint density at radius 1 is 1.40 bits per heavy atom. The average molecular weight is 206 g/mol. The molecule has 0 radical (unpaired) electrons. The Balaban J connectivity index is 1.90. The highest BCUT2D eigenvalue weighted by Crippen LogP contribution is 2.18. The maximum absolute atomic E-state index is 5.63. The summed E-state index contributed by atoms with van der Waals surface area (Å²) in [5.41, 5.74) is 7.85. The van der Waals surface area contributed by atoms with Crippen molar-refractivity contribution in [1.82, 2.24) is 5.32 Å². The first-order valence-electron chi connectivity index (χ1n) is 5.35. The normalized spacial score (nSPS) is 25.7. The molecule has 15 heavy (non-hydrogen) atoms. The molecule has 1 aliphatic rings. The van der Waals surface area contributed by atoms with Crippen LogP contribution in [0.3, 0.4) is 0 Å². The van der Waals surface area contributed by atoms with E-state index in [1.54, 1.807) is 0 Å². The van der Waals surface area contributed by atoms with Crippen LogP contribution in [0, 0.1) is 0 Å². The van der Waals surface area contributed by atoms with Crippen molar-refractivity contribution in [2.24, 2.45) is 0 Å². The van der Waals surface area contributed by atoms with Crippen molar-refractivity contribution < 1.29 is 4.74 Å². The summed E-state index contributed by atoms with van der Waals surface area (Å²) in [5.74, 6) is 0. The fourth-order valence-electron chi connectivity index (χ4n) is 1.76. The van der Waals surface area contributed by atoms with Crippen LogP contribution in [0.5, 0.6) is 0 Å². The number of nitrogen functional groups attached to an aromatic ring is 1. The second-order valence-corrected chi connectivity index (χ2v) is 4.46. The Labute approximate surface area is 90.6 Å². The number of benzene rings is 1. The summed E-state index contributed by atoms with van der Waals surface area (Å²) in [6.45, 7) is 4.75. The van der Waals surface area contributed by atoms with Gasteiger partial charge >= 0.3 is 0 Å². The molecule has 82 valence electrons. The summed E-state index contributed by atoms with van der Waals surface area (Å²) in [5, 5.41) is 3.53. The molecule has 0 bridgehead atoms. The highest BCUT2D eigenvalue weighted by Gasteiger charge is 2.28. The van der Waals surface area contributed by atoms with Crippen LogP contribution >= 0.6 is 0 Å². The molecule has 3 heteroatoms. The van der Waals surface area contributed by atoms with Crippen LogP contribution in [-0.2, 0) is 11.3 Å². The molecule has 1 unspecified atom stereocenters. The zero-order valence-electron chi connectivity index (χ0n) is 9.12. The van der Waals surface area contributed by atoms with Gasteiger partial charge in [0.05, 0.1) is 6.61 Å². The van der Waals surface area contributed by atoms with Crippen molar-refractivity contribution in [2.45, 2.75) is 25.4 Å². The molecular formula is C12H18N2O. The second-order valence-electron chi connectivity index (χ2n) is 4.46. The quantitative estimate of drug-likeness (QED) is 0.737. The van der Waals surface area contributed by atoms with E-state index in [4.69, 9.17) is 10.5 Å². The first-order chi connectivity index (χ1) is 7.18. The Hall–Kier alpha value is -1.06. The van der Waals surface area contributed by atoms with Crippen LogP contribution < -0.4 is 11.1 Å². The lowest BCUT2D eigenvalue weighted by atomic mass is 10.0. The molecule has 1 aliphatic heterocycles. The molecule has 0 saturated carbocycles. The number of ether oxygens (including phenoxy) is 1. The third kappa shape index (κ3) is 2.70. The molecule has 3 N–H and O–H groups in total. The predicted molar refractivity (Wildman–Crippen MR) is 61.5 cm³/mol. The molecule has 2 rings (SSSR count). The standard InChI is InChI=1S/C12H18N2O/c1-12(6-7-15-9-12)14-8-10-2-4-11(13)5-3-10/h2-5,14H,6-9,13H2,1H3. The number of anilines is 1. The molecule has 0 aromatic heterocycles. The van der Waals surface area contributed by atoms with Gasteiger partial charge in [0, 0.05) is 24.4 Å². The first-order valence-corrected chi connectivity index (χ1v) is 5.35. The van der Waals surface area contributed by atoms with Crippen molar-refractivity contribution in [1.29, 1.82) is 0 Å². The average Bonchev–Trinajstić information content (AvgIpc) is 2.65. The van der Waals surface area contributed by atoms with E-state index in [1.807, 2.05) is 12.1 Å². The summed E-state index contributed by atoms with van der Waals surface area (Å²) >= 11 is 0. The van der Waals surface area contributed by atoms with E-state index in [1.165, 1.54) is 5.56 Å². The van der Waals surface area contributed by atoms with Gasteiger partial charge in [-0.2, -0.15) is 0 Å². The zero-order valence-corrected chi connectivity index (χ0v) is 9.12. The van der Waals surface area contributed by atoms with Crippen LogP contribution in [0.2, 0.25) is 0 Å². The summed E-state index contributed by atoms with van der Waals surface area (Å²) in [7, 11) is 0. The maximum Gasteiger partial charge on any atom is 0.0646 e. The van der Waals surface area contributed by atoms with Crippen molar-refractivity contribution in [3.05, 3.63) is 29.8 Å². The van der Waals surface area contributed by atoms with E-state index < -0.39 is 0 Å². The minimum atomic E-state index is 0.140. The molecule has 1 heterocycles. The Morgan fingerprint density at radius 3 is 2.73 bits per heavy atom. The van der Waals surface area contributed by atoms with Gasteiger partial charge in [-0.3, -0.25) is 0 Å². The highest BCUT2D eigenvalue weighted by molar-refractivity contribution is 5.39. The molecule has 1 aromatic carbocycles. The number of nitrogens with one attached hydrogen (secondary N) is 1. The van der Waals surface area contributed by atoms with Gasteiger partial charge in [0.15, 0.2) is 0 Å². The zero-order chi connectivity index (χ0) is 10.7. The lowest BCUT2D eigenvalue weighted by Crippen LogP contribution is -2.42. The molecular weight excluding hydrogens is 188 g/mol. The molecule has 0 spiro atoms. The molecule has 0 aliphatic carbocycles. The van der Waals surface area contributed by atoms with Crippen LogP contribution in [0.4, 0.5) is 5.69 Å². The Bertz CT molecular complexity index is 315. The van der Waals surface area contributed by atoms with Crippen LogP contribution in [0.25, 0.3) is 0 Å². The van der Waals surface area contributed by atoms with Crippen LogP contribution in [0.15, 0.2) is 24.3 Å². The van der Waals surface area contributed by atoms with Crippen molar-refractivity contribution in [3.8, 4) is 0 Å². The summed E-state index contributed by atoms with van der Waals surface area (Å²) in [6.07, 6.45) is 1.09. The van der Waals surface area contributed by atoms with E-state index in [0.29, 0.717) is 0 Å². The Morgan fingerprint density at radius 2 is 2.13 bits per heavy atom. The minimum absolute atomic E-state index is 0.140. The lowest BCUT2D eigenvalue weighted by molar-refractivity contribution is 0.171. The van der Waals surface area contributed by atoms with Gasteiger partial charge in [0.1, 0.15) is 0 Å². The maximum atomic E-state index is 5.63. The SMILES string of the molecule is CC1(NCc2ccc(N)cc2)CCOC1. The van der Waals surface area contributed by atoms with Gasteiger partial charge in [-0.05, 0) is 31.0 Å². The Kier molecular flexibility index (Phi) is 2.93. The van der Waals surface area contributed by atoms with E-state index >= 15 is 0 Å². The number of hydrogen-bond donors (Lipinski definition) is 2. The van der Waals surface area contributed by atoms with E-state index in [9.17, 15) is 0 Å². The van der Waals surface area contributed by atoms with Crippen LogP contribution in [-0.4, -0.2) is 18.8 Å². The molecule has 0 amide bonds. The van der Waals surface area contributed by atoms with E-state index in [-0.39, 0.29) is 5.54 Å². The summed E-state index contributed by atoms with van der Waals surface area (Å²) < 4.78 is 5.39. The van der Waals surface area contributed by atoms with Gasteiger partial charge < -0.3 is 15.8 Å². The van der Waals surface area contributed by atoms with E-state index in [0.717, 1.165) is 31.9 Å². The number of rotatable bonds is 3. The predicted octanol–water partition coefficient (Wildman–Crippen LogP) is 1.54. The first kappa shape index (κ1) is 10.5. The third-order valence-electron chi connectivity index (χ3n) is 2.92. The summed E-state index contributed by atoms with van der Waals surface area (Å²) in [4.78, 5) is 0. The largest absolute Gasteiger partial charge is 0.399 e. The molecule has 1 atom stereocenters. The van der Waals surface area contributed by atoms with Gasteiger partial charge in [-0.25, -0.2) is 0 Å². The third-order valence-corrected chi connectivity index (χ3v) is 2.92. The molecule has 1 saturated heterocycles. The monoisotopic (exact) mass is 206 g/mol. The number of hydrogen-bond acceptors (Lipinski definition) is 3. The van der Waals surface area contributed by atoms with Crippen molar-refractivity contribution in [2.75, 3.05) is 18.9 Å². The molecule has 1 aromatic rings. The van der Waals surface area contributed by atoms with Gasteiger partial charge in [-0.15, -0.1) is 0 Å². The lowest BCUT2D eigenvalue weighted by Gasteiger charge is -2.23. The van der Waals surface area contributed by atoms with Crippen LogP contribution in [0.1, 0.15) is 18.9 Å². The van der Waals surface area contributed by atoms with Gasteiger partial charge in [0.25, 0.3) is 0 Å². The fourth-order valence-corrected chi connectivity index (χ4v) is 1.76. The minimum Gasteiger partial charge on any atom is -0.399 e. The van der Waals surface area contributed by atoms with Gasteiger partial charge in [-0.1, -0.05) is 12.1 Å². The van der Waals surface area contributed by atoms with E-state index in [2.05, 4.69) is 24.4 Å². The molecule has 1 fully saturated rings. The second kappa shape index (κ2) is 4.21. The topological polar surface area (TPSA) is 47.3 Å². The van der Waals surface area contributed by atoms with Crippen molar-refractivity contribution >= 4 is 5.69 Å². The smallest absolute Gasteiger partial charge is 0.0646 e.